The molecule has 1 saturated heterocycles. The largest absolute Gasteiger partial charge is 0.378 e. The molecule has 0 saturated carbocycles. The van der Waals surface area contributed by atoms with Gasteiger partial charge in [-0.25, -0.2) is 4.98 Å². The number of morpholine rings is 1. The molecule has 90 valence electrons. The van der Waals surface area contributed by atoms with Crippen molar-refractivity contribution in [1.29, 1.82) is 0 Å². The van der Waals surface area contributed by atoms with Crippen LogP contribution in [0.5, 0.6) is 0 Å². The third kappa shape index (κ3) is 2.44. The number of rotatable bonds is 2. The van der Waals surface area contributed by atoms with Gasteiger partial charge in [-0.3, -0.25) is 0 Å². The van der Waals surface area contributed by atoms with E-state index >= 15 is 0 Å². The smallest absolute Gasteiger partial charge is 0.126 e. The minimum Gasteiger partial charge on any atom is -0.378 e. The minimum absolute atomic E-state index is 0.181. The van der Waals surface area contributed by atoms with Crippen molar-refractivity contribution in [3.8, 4) is 10.6 Å². The van der Waals surface area contributed by atoms with Gasteiger partial charge in [0.15, 0.2) is 0 Å². The van der Waals surface area contributed by atoms with Crippen LogP contribution in [0.2, 0.25) is 0 Å². The van der Waals surface area contributed by atoms with Crippen molar-refractivity contribution in [2.75, 3.05) is 19.8 Å². The molecule has 6 heteroatoms. The zero-order valence-corrected chi connectivity index (χ0v) is 11.5. The molecule has 2 N–H and O–H groups in total. The second kappa shape index (κ2) is 4.89. The normalized spacial score (nSPS) is 20.6. The van der Waals surface area contributed by atoms with Gasteiger partial charge in [0, 0.05) is 6.54 Å². The summed E-state index contributed by atoms with van der Waals surface area (Å²) in [6.45, 7) is 2.34. The fourth-order valence-corrected chi connectivity index (χ4v) is 3.19. The Morgan fingerprint density at radius 2 is 2.41 bits per heavy atom. The van der Waals surface area contributed by atoms with Crippen LogP contribution in [0, 0.1) is 0 Å². The van der Waals surface area contributed by atoms with Crippen LogP contribution in [0.25, 0.3) is 10.6 Å². The van der Waals surface area contributed by atoms with Crippen molar-refractivity contribution in [3.63, 3.8) is 0 Å². The van der Waals surface area contributed by atoms with Crippen LogP contribution in [0.3, 0.4) is 0 Å². The Hall–Kier alpha value is -0.690. The van der Waals surface area contributed by atoms with Gasteiger partial charge in [0.25, 0.3) is 0 Å². The van der Waals surface area contributed by atoms with E-state index in [0.717, 1.165) is 28.5 Å². The van der Waals surface area contributed by atoms with E-state index in [0.29, 0.717) is 6.61 Å². The minimum atomic E-state index is 0.181. The van der Waals surface area contributed by atoms with E-state index < -0.39 is 0 Å². The third-order valence-electron chi connectivity index (χ3n) is 2.69. The topological polar surface area (TPSA) is 49.9 Å². The van der Waals surface area contributed by atoms with Gasteiger partial charge in [-0.1, -0.05) is 0 Å². The molecule has 0 amide bonds. The molecule has 1 aliphatic rings. The summed E-state index contributed by atoms with van der Waals surface area (Å²) >= 11 is 5.16. The number of hydrogen-bond acceptors (Lipinski definition) is 4. The summed E-state index contributed by atoms with van der Waals surface area (Å²) in [5.74, 6) is 0.948. The van der Waals surface area contributed by atoms with Crippen LogP contribution in [0.1, 0.15) is 11.9 Å². The lowest BCUT2D eigenvalue weighted by molar-refractivity contribution is 0.0745. The van der Waals surface area contributed by atoms with E-state index in [1.807, 2.05) is 12.3 Å². The number of aromatic nitrogens is 2. The number of ether oxygens (including phenoxy) is 1. The molecule has 0 spiro atoms. The highest BCUT2D eigenvalue weighted by molar-refractivity contribution is 9.11. The van der Waals surface area contributed by atoms with E-state index in [2.05, 4.69) is 37.3 Å². The predicted molar refractivity (Wildman–Crippen MR) is 71.2 cm³/mol. The molecule has 0 bridgehead atoms. The van der Waals surface area contributed by atoms with Crippen molar-refractivity contribution in [2.24, 2.45) is 0 Å². The lowest BCUT2D eigenvalue weighted by atomic mass is 10.2. The fraction of sp³-hybridized carbons (Fsp3) is 0.364. The van der Waals surface area contributed by atoms with E-state index in [1.54, 1.807) is 11.3 Å². The van der Waals surface area contributed by atoms with Crippen LogP contribution < -0.4 is 5.32 Å². The molecule has 1 aliphatic heterocycles. The highest BCUT2D eigenvalue weighted by atomic mass is 79.9. The number of nitrogens with zero attached hydrogens (tertiary/aromatic N) is 1. The Bertz CT molecular complexity index is 504. The monoisotopic (exact) mass is 313 g/mol. The maximum Gasteiger partial charge on any atom is 0.126 e. The number of aromatic amines is 1. The lowest BCUT2D eigenvalue weighted by Gasteiger charge is -2.21. The van der Waals surface area contributed by atoms with Crippen molar-refractivity contribution in [3.05, 3.63) is 27.9 Å². The van der Waals surface area contributed by atoms with Gasteiger partial charge in [0.2, 0.25) is 0 Å². The zero-order valence-electron chi connectivity index (χ0n) is 9.07. The quantitative estimate of drug-likeness (QED) is 0.896. The fourth-order valence-electron chi connectivity index (χ4n) is 1.84. The summed E-state index contributed by atoms with van der Waals surface area (Å²) in [6, 6.07) is 4.31. The Balaban J connectivity index is 1.82. The molecule has 1 fully saturated rings. The van der Waals surface area contributed by atoms with Crippen molar-refractivity contribution in [2.45, 2.75) is 6.04 Å². The molecule has 1 unspecified atom stereocenters. The Labute approximate surface area is 112 Å². The van der Waals surface area contributed by atoms with Gasteiger partial charge in [-0.2, -0.15) is 0 Å². The number of halogens is 1. The van der Waals surface area contributed by atoms with Crippen LogP contribution in [-0.2, 0) is 4.74 Å². The molecular weight excluding hydrogens is 302 g/mol. The molecule has 4 nitrogen and oxygen atoms in total. The maximum absolute atomic E-state index is 5.43. The molecule has 17 heavy (non-hydrogen) atoms. The Morgan fingerprint density at radius 3 is 3.12 bits per heavy atom. The molecular formula is C11H12BrN3OS. The third-order valence-corrected chi connectivity index (χ3v) is 4.34. The van der Waals surface area contributed by atoms with Gasteiger partial charge in [-0.15, -0.1) is 11.3 Å². The summed E-state index contributed by atoms with van der Waals surface area (Å²) in [4.78, 5) is 8.95. The molecule has 2 aromatic rings. The number of hydrogen-bond donors (Lipinski definition) is 2. The van der Waals surface area contributed by atoms with E-state index in [-0.39, 0.29) is 6.04 Å². The molecule has 0 aromatic carbocycles. The summed E-state index contributed by atoms with van der Waals surface area (Å²) in [6.07, 6.45) is 1.88. The molecule has 0 radical (unpaired) electrons. The Kier molecular flexibility index (Phi) is 3.28. The average Bonchev–Trinajstić information content (AvgIpc) is 2.98. The van der Waals surface area contributed by atoms with E-state index in [1.165, 1.54) is 4.88 Å². The highest BCUT2D eigenvalue weighted by Gasteiger charge is 2.18. The highest BCUT2D eigenvalue weighted by Crippen LogP contribution is 2.30. The first-order chi connectivity index (χ1) is 8.33. The molecule has 2 aromatic heterocycles. The van der Waals surface area contributed by atoms with Gasteiger partial charge in [0.05, 0.1) is 39.8 Å². The summed E-state index contributed by atoms with van der Waals surface area (Å²) in [5, 5.41) is 3.38. The number of H-pyrrole nitrogens is 1. The first-order valence-electron chi connectivity index (χ1n) is 5.44. The van der Waals surface area contributed by atoms with Crippen LogP contribution in [0.4, 0.5) is 0 Å². The summed E-state index contributed by atoms with van der Waals surface area (Å²) in [7, 11) is 0. The standard InChI is InChI=1S/C11H12BrN3OS/c12-10-2-1-9(17-10)7-5-14-11(15-7)8-6-16-4-3-13-8/h1-2,5,8,13H,3-4,6H2,(H,14,15). The molecule has 0 aliphatic carbocycles. The molecule has 1 atom stereocenters. The molecule has 3 rings (SSSR count). The first-order valence-corrected chi connectivity index (χ1v) is 7.05. The van der Waals surface area contributed by atoms with Crippen LogP contribution >= 0.6 is 27.3 Å². The number of nitrogens with one attached hydrogen (secondary N) is 2. The van der Waals surface area contributed by atoms with E-state index in [4.69, 9.17) is 4.74 Å². The van der Waals surface area contributed by atoms with Gasteiger partial charge in [-0.05, 0) is 28.1 Å². The van der Waals surface area contributed by atoms with Crippen molar-refractivity contribution >= 4 is 27.3 Å². The number of thiophene rings is 1. The van der Waals surface area contributed by atoms with E-state index in [9.17, 15) is 0 Å². The lowest BCUT2D eigenvalue weighted by Crippen LogP contribution is -2.35. The van der Waals surface area contributed by atoms with Crippen molar-refractivity contribution in [1.82, 2.24) is 15.3 Å². The van der Waals surface area contributed by atoms with Gasteiger partial charge in [0.1, 0.15) is 5.82 Å². The van der Waals surface area contributed by atoms with Crippen LogP contribution in [-0.4, -0.2) is 29.7 Å². The zero-order chi connectivity index (χ0) is 11.7. The second-order valence-electron chi connectivity index (χ2n) is 3.87. The first kappa shape index (κ1) is 11.4. The summed E-state index contributed by atoms with van der Waals surface area (Å²) in [5.41, 5.74) is 1.06. The average molecular weight is 314 g/mol. The van der Waals surface area contributed by atoms with Crippen LogP contribution in [0.15, 0.2) is 22.1 Å². The molecule has 3 heterocycles. The van der Waals surface area contributed by atoms with Crippen molar-refractivity contribution < 1.29 is 4.74 Å². The maximum atomic E-state index is 5.43. The van der Waals surface area contributed by atoms with Gasteiger partial charge >= 0.3 is 0 Å². The van der Waals surface area contributed by atoms with Gasteiger partial charge < -0.3 is 15.0 Å². The number of imidazole rings is 1. The second-order valence-corrected chi connectivity index (χ2v) is 6.33. The summed E-state index contributed by atoms with van der Waals surface area (Å²) < 4.78 is 6.56. The predicted octanol–water partition coefficient (Wildman–Crippen LogP) is 2.56. The Morgan fingerprint density at radius 1 is 1.47 bits per heavy atom. The SMILES string of the molecule is Brc1ccc(-c2cnc(C3COCCN3)[nH]2)s1.